The Morgan fingerprint density at radius 1 is 0.840 bits per heavy atom. The maximum atomic E-state index is 12.8. The van der Waals surface area contributed by atoms with Crippen molar-refractivity contribution in [1.29, 1.82) is 0 Å². The molecule has 0 aliphatic heterocycles. The van der Waals surface area contributed by atoms with Gasteiger partial charge in [0.1, 0.15) is 0 Å². The second-order valence-electron chi connectivity index (χ2n) is 6.02. The lowest BCUT2D eigenvalue weighted by Crippen LogP contribution is -2.13. The molecule has 1 amide bonds. The molecule has 0 fully saturated rings. The van der Waals surface area contributed by atoms with Crippen LogP contribution < -0.4 is 5.32 Å². The minimum atomic E-state index is -0.0919. The third kappa shape index (κ3) is 3.17. The van der Waals surface area contributed by atoms with E-state index in [1.807, 2.05) is 66.9 Å². The highest BCUT2D eigenvalue weighted by Crippen LogP contribution is 2.22. The number of anilines is 1. The van der Waals surface area contributed by atoms with E-state index in [1.54, 1.807) is 0 Å². The summed E-state index contributed by atoms with van der Waals surface area (Å²) in [5, 5.41) is 4.01. The third-order valence-corrected chi connectivity index (χ3v) is 4.34. The minimum absolute atomic E-state index is 0.0919. The molecule has 3 aromatic carbocycles. The van der Waals surface area contributed by atoms with Crippen LogP contribution in [0.25, 0.3) is 10.9 Å². The zero-order valence-corrected chi connectivity index (χ0v) is 13.7. The summed E-state index contributed by atoms with van der Waals surface area (Å²) < 4.78 is 0. The van der Waals surface area contributed by atoms with Crippen molar-refractivity contribution >= 4 is 22.5 Å². The molecule has 0 aliphatic carbocycles. The summed E-state index contributed by atoms with van der Waals surface area (Å²) in [5.74, 6) is -0.0919. The van der Waals surface area contributed by atoms with Crippen molar-refractivity contribution in [2.24, 2.45) is 0 Å². The molecule has 4 aromatic rings. The fraction of sp³-hybridized carbons (Fsp3) is 0.0455. The van der Waals surface area contributed by atoms with Crippen LogP contribution in [0.2, 0.25) is 0 Å². The number of benzene rings is 3. The normalized spacial score (nSPS) is 10.7. The predicted octanol–water partition coefficient (Wildman–Crippen LogP) is 5.01. The van der Waals surface area contributed by atoms with Gasteiger partial charge in [-0.15, -0.1) is 0 Å². The minimum Gasteiger partial charge on any atom is -0.361 e. The van der Waals surface area contributed by atoms with E-state index in [-0.39, 0.29) is 5.91 Å². The number of para-hydroxylation sites is 1. The molecule has 3 heteroatoms. The number of hydrogen-bond acceptors (Lipinski definition) is 1. The number of amides is 1. The van der Waals surface area contributed by atoms with Gasteiger partial charge in [-0.3, -0.25) is 4.79 Å². The summed E-state index contributed by atoms with van der Waals surface area (Å²) in [5.41, 5.74) is 4.81. The maximum Gasteiger partial charge on any atom is 0.256 e. The van der Waals surface area contributed by atoms with Gasteiger partial charge in [-0.25, -0.2) is 0 Å². The molecule has 0 unspecified atom stereocenters. The van der Waals surface area contributed by atoms with Gasteiger partial charge >= 0.3 is 0 Å². The monoisotopic (exact) mass is 326 g/mol. The maximum absolute atomic E-state index is 12.8. The van der Waals surface area contributed by atoms with Gasteiger partial charge in [0, 0.05) is 28.4 Å². The van der Waals surface area contributed by atoms with E-state index in [9.17, 15) is 4.79 Å². The SMILES string of the molecule is O=C(Nc1ccccc1Cc1ccccc1)c1cccc2[nH]ccc12. The van der Waals surface area contributed by atoms with Crippen LogP contribution in [0.1, 0.15) is 21.5 Å². The molecule has 0 aliphatic rings. The molecule has 122 valence electrons. The van der Waals surface area contributed by atoms with Crippen molar-refractivity contribution in [3.05, 3.63) is 102 Å². The van der Waals surface area contributed by atoms with E-state index in [4.69, 9.17) is 0 Å². The summed E-state index contributed by atoms with van der Waals surface area (Å²) in [6.45, 7) is 0. The van der Waals surface area contributed by atoms with Gasteiger partial charge in [0.15, 0.2) is 0 Å². The van der Waals surface area contributed by atoms with Crippen molar-refractivity contribution in [3.63, 3.8) is 0 Å². The van der Waals surface area contributed by atoms with Crippen molar-refractivity contribution < 1.29 is 4.79 Å². The topological polar surface area (TPSA) is 44.9 Å². The number of H-pyrrole nitrogens is 1. The quantitative estimate of drug-likeness (QED) is 0.544. The van der Waals surface area contributed by atoms with Crippen LogP contribution in [0.15, 0.2) is 85.1 Å². The van der Waals surface area contributed by atoms with Crippen LogP contribution >= 0.6 is 0 Å². The Hall–Kier alpha value is -3.33. The highest BCUT2D eigenvalue weighted by molar-refractivity contribution is 6.12. The lowest BCUT2D eigenvalue weighted by molar-refractivity contribution is 0.102. The number of hydrogen-bond donors (Lipinski definition) is 2. The molecule has 1 aromatic heterocycles. The zero-order valence-electron chi connectivity index (χ0n) is 13.7. The molecule has 0 bridgehead atoms. The Balaban J connectivity index is 1.63. The lowest BCUT2D eigenvalue weighted by Gasteiger charge is -2.12. The van der Waals surface area contributed by atoms with Crippen LogP contribution in [0, 0.1) is 0 Å². The number of fused-ring (bicyclic) bond motifs is 1. The summed E-state index contributed by atoms with van der Waals surface area (Å²) >= 11 is 0. The van der Waals surface area contributed by atoms with Gasteiger partial charge in [-0.1, -0.05) is 54.6 Å². The van der Waals surface area contributed by atoms with Gasteiger partial charge in [0.25, 0.3) is 5.91 Å². The molecular weight excluding hydrogens is 308 g/mol. The fourth-order valence-corrected chi connectivity index (χ4v) is 3.09. The number of nitrogens with one attached hydrogen (secondary N) is 2. The predicted molar refractivity (Wildman–Crippen MR) is 102 cm³/mol. The Kier molecular flexibility index (Phi) is 4.05. The molecule has 0 atom stereocenters. The number of carbonyl (C=O) groups is 1. The second kappa shape index (κ2) is 6.65. The van der Waals surface area contributed by atoms with Crippen LogP contribution in [-0.2, 0) is 6.42 Å². The van der Waals surface area contributed by atoms with Crippen molar-refractivity contribution in [1.82, 2.24) is 4.98 Å². The van der Waals surface area contributed by atoms with Crippen LogP contribution in [-0.4, -0.2) is 10.9 Å². The molecule has 25 heavy (non-hydrogen) atoms. The average molecular weight is 326 g/mol. The second-order valence-corrected chi connectivity index (χ2v) is 6.02. The Morgan fingerprint density at radius 3 is 2.52 bits per heavy atom. The van der Waals surface area contributed by atoms with Crippen molar-refractivity contribution in [2.75, 3.05) is 5.32 Å². The van der Waals surface area contributed by atoms with E-state index >= 15 is 0 Å². The molecular formula is C22H18N2O. The van der Waals surface area contributed by atoms with Crippen LogP contribution in [0.4, 0.5) is 5.69 Å². The third-order valence-electron chi connectivity index (χ3n) is 4.34. The van der Waals surface area contributed by atoms with Gasteiger partial charge in [-0.05, 0) is 41.8 Å². The van der Waals surface area contributed by atoms with E-state index < -0.39 is 0 Å². The first-order valence-electron chi connectivity index (χ1n) is 8.30. The first kappa shape index (κ1) is 15.2. The molecule has 0 spiro atoms. The summed E-state index contributed by atoms with van der Waals surface area (Å²) in [7, 11) is 0. The van der Waals surface area contributed by atoms with Crippen molar-refractivity contribution in [3.8, 4) is 0 Å². The highest BCUT2D eigenvalue weighted by Gasteiger charge is 2.12. The molecule has 2 N–H and O–H groups in total. The first-order valence-corrected chi connectivity index (χ1v) is 8.30. The van der Waals surface area contributed by atoms with Crippen molar-refractivity contribution in [2.45, 2.75) is 6.42 Å². The largest absolute Gasteiger partial charge is 0.361 e. The highest BCUT2D eigenvalue weighted by atomic mass is 16.1. The number of aromatic nitrogens is 1. The number of carbonyl (C=O) groups excluding carboxylic acids is 1. The van der Waals surface area contributed by atoms with E-state index in [0.717, 1.165) is 28.6 Å². The van der Waals surface area contributed by atoms with Gasteiger partial charge in [-0.2, -0.15) is 0 Å². The van der Waals surface area contributed by atoms with Gasteiger partial charge < -0.3 is 10.3 Å². The van der Waals surface area contributed by atoms with Crippen LogP contribution in [0.3, 0.4) is 0 Å². The van der Waals surface area contributed by atoms with Gasteiger partial charge in [0.2, 0.25) is 0 Å². The van der Waals surface area contributed by atoms with Gasteiger partial charge in [0.05, 0.1) is 0 Å². The fourth-order valence-electron chi connectivity index (χ4n) is 3.09. The Labute approximate surface area is 146 Å². The van der Waals surface area contributed by atoms with E-state index in [0.29, 0.717) is 5.56 Å². The number of aromatic amines is 1. The molecule has 0 radical (unpaired) electrons. The number of rotatable bonds is 4. The molecule has 0 saturated heterocycles. The molecule has 0 saturated carbocycles. The smallest absolute Gasteiger partial charge is 0.256 e. The molecule has 4 rings (SSSR count). The standard InChI is InChI=1S/C22H18N2O/c25-22(19-10-6-12-21-18(19)13-14-23-21)24-20-11-5-4-9-17(20)15-16-7-2-1-3-8-16/h1-14,23H,15H2,(H,24,25). The zero-order chi connectivity index (χ0) is 17.1. The Morgan fingerprint density at radius 2 is 1.64 bits per heavy atom. The first-order chi connectivity index (χ1) is 12.3. The Bertz CT molecular complexity index is 1020. The lowest BCUT2D eigenvalue weighted by atomic mass is 10.0. The summed E-state index contributed by atoms with van der Waals surface area (Å²) in [6, 6.07) is 25.9. The average Bonchev–Trinajstić information content (AvgIpc) is 3.13. The molecule has 1 heterocycles. The summed E-state index contributed by atoms with van der Waals surface area (Å²) in [4.78, 5) is 15.9. The van der Waals surface area contributed by atoms with E-state index in [2.05, 4.69) is 28.5 Å². The van der Waals surface area contributed by atoms with E-state index in [1.165, 1.54) is 5.56 Å². The molecule has 3 nitrogen and oxygen atoms in total. The van der Waals surface area contributed by atoms with Crippen LogP contribution in [0.5, 0.6) is 0 Å². The summed E-state index contributed by atoms with van der Waals surface area (Å²) in [6.07, 6.45) is 2.64.